The molecule has 0 aromatic heterocycles. The zero-order valence-corrected chi connectivity index (χ0v) is 17.0. The summed E-state index contributed by atoms with van der Waals surface area (Å²) in [6.07, 6.45) is 6.31. The van der Waals surface area contributed by atoms with Crippen LogP contribution in [0.2, 0.25) is 0 Å². The summed E-state index contributed by atoms with van der Waals surface area (Å²) in [5, 5.41) is 2.36. The lowest BCUT2D eigenvalue weighted by Gasteiger charge is -2.29. The van der Waals surface area contributed by atoms with Gasteiger partial charge in [-0.15, -0.1) is 0 Å². The van der Waals surface area contributed by atoms with E-state index >= 15 is 0 Å². The van der Waals surface area contributed by atoms with E-state index in [9.17, 15) is 14.4 Å². The summed E-state index contributed by atoms with van der Waals surface area (Å²) < 4.78 is 0. The Morgan fingerprint density at radius 3 is 2.68 bits per heavy atom. The zero-order valence-electron chi connectivity index (χ0n) is 17.0. The lowest BCUT2D eigenvalue weighted by atomic mass is 9.99. The van der Waals surface area contributed by atoms with E-state index in [1.54, 1.807) is 4.90 Å². The van der Waals surface area contributed by atoms with Crippen LogP contribution in [0.4, 0.5) is 0 Å². The van der Waals surface area contributed by atoms with Gasteiger partial charge in [-0.3, -0.25) is 19.7 Å². The maximum atomic E-state index is 12.8. The number of unbranched alkanes of at least 4 members (excludes halogenated alkanes) is 2. The van der Waals surface area contributed by atoms with Gasteiger partial charge >= 0.3 is 0 Å². The van der Waals surface area contributed by atoms with Gasteiger partial charge < -0.3 is 9.80 Å². The number of aryl methyl sites for hydroxylation is 1. The number of carbonyl (C=O) groups is 3. The molecule has 1 atom stereocenters. The number of benzene rings is 1. The number of nitrogens with zero attached hydrogens (tertiary/aromatic N) is 2. The first-order valence-corrected chi connectivity index (χ1v) is 10.4. The van der Waals surface area contributed by atoms with Crippen molar-refractivity contribution in [2.45, 2.75) is 64.5 Å². The Balaban J connectivity index is 1.59. The Kier molecular flexibility index (Phi) is 6.83. The summed E-state index contributed by atoms with van der Waals surface area (Å²) in [6, 6.07) is 5.34. The number of hydrogen-bond acceptors (Lipinski definition) is 4. The molecule has 2 heterocycles. The van der Waals surface area contributed by atoms with E-state index < -0.39 is 6.04 Å². The van der Waals surface area contributed by atoms with Crippen molar-refractivity contribution in [1.29, 1.82) is 0 Å². The second-order valence-corrected chi connectivity index (χ2v) is 7.96. The third-order valence-corrected chi connectivity index (χ3v) is 5.81. The highest BCUT2D eigenvalue weighted by atomic mass is 16.2. The first-order valence-electron chi connectivity index (χ1n) is 10.4. The van der Waals surface area contributed by atoms with Crippen LogP contribution in [0.5, 0.6) is 0 Å². The van der Waals surface area contributed by atoms with E-state index in [2.05, 4.69) is 30.3 Å². The minimum absolute atomic E-state index is 0.0920. The topological polar surface area (TPSA) is 69.7 Å². The highest BCUT2D eigenvalue weighted by molar-refractivity contribution is 6.05. The molecule has 2 aliphatic heterocycles. The Morgan fingerprint density at radius 2 is 1.93 bits per heavy atom. The molecular formula is C22H31N3O3. The molecule has 1 unspecified atom stereocenters. The molecule has 1 N–H and O–H groups in total. The molecule has 28 heavy (non-hydrogen) atoms. The molecule has 1 aromatic rings. The van der Waals surface area contributed by atoms with Crippen LogP contribution in [0.1, 0.15) is 66.9 Å². The van der Waals surface area contributed by atoms with Crippen LogP contribution in [0.15, 0.2) is 18.2 Å². The Bertz CT molecular complexity index is 747. The van der Waals surface area contributed by atoms with Crippen LogP contribution < -0.4 is 5.32 Å². The smallest absolute Gasteiger partial charge is 0.255 e. The van der Waals surface area contributed by atoms with Crippen LogP contribution in [0, 0.1) is 0 Å². The predicted molar refractivity (Wildman–Crippen MR) is 108 cm³/mol. The molecule has 0 radical (unpaired) electrons. The van der Waals surface area contributed by atoms with Crippen molar-refractivity contribution in [1.82, 2.24) is 15.1 Å². The second-order valence-electron chi connectivity index (χ2n) is 7.96. The van der Waals surface area contributed by atoms with Crippen molar-refractivity contribution in [2.75, 3.05) is 20.1 Å². The van der Waals surface area contributed by atoms with Crippen molar-refractivity contribution in [3.05, 3.63) is 34.9 Å². The lowest BCUT2D eigenvalue weighted by Crippen LogP contribution is -2.52. The van der Waals surface area contributed by atoms with E-state index in [-0.39, 0.29) is 24.1 Å². The lowest BCUT2D eigenvalue weighted by molar-refractivity contribution is -0.136. The molecular weight excluding hydrogens is 354 g/mol. The van der Waals surface area contributed by atoms with Crippen LogP contribution >= 0.6 is 0 Å². The summed E-state index contributed by atoms with van der Waals surface area (Å²) >= 11 is 0. The maximum absolute atomic E-state index is 12.8. The van der Waals surface area contributed by atoms with Gasteiger partial charge in [-0.05, 0) is 69.4 Å². The quantitative estimate of drug-likeness (QED) is 0.524. The molecule has 1 aromatic carbocycles. The molecule has 0 saturated carbocycles. The van der Waals surface area contributed by atoms with Crippen LogP contribution in [-0.2, 0) is 22.6 Å². The number of nitrogens with one attached hydrogen (secondary N) is 1. The van der Waals surface area contributed by atoms with Crippen LogP contribution in [0.25, 0.3) is 0 Å². The molecule has 152 valence electrons. The van der Waals surface area contributed by atoms with Crippen molar-refractivity contribution in [2.24, 2.45) is 0 Å². The first-order chi connectivity index (χ1) is 13.5. The summed E-state index contributed by atoms with van der Waals surface area (Å²) in [5.41, 5.74) is 2.97. The fraction of sp³-hybridized carbons (Fsp3) is 0.591. The number of piperidine rings is 1. The Labute approximate surface area is 167 Å². The Hall–Kier alpha value is -2.21. The number of imide groups is 1. The summed E-state index contributed by atoms with van der Waals surface area (Å²) in [7, 11) is 2.17. The van der Waals surface area contributed by atoms with E-state index in [0.717, 1.165) is 37.9 Å². The molecule has 0 aliphatic carbocycles. The summed E-state index contributed by atoms with van der Waals surface area (Å²) in [4.78, 5) is 40.5. The van der Waals surface area contributed by atoms with E-state index in [0.29, 0.717) is 18.5 Å². The van der Waals surface area contributed by atoms with Gasteiger partial charge in [0, 0.05) is 18.5 Å². The molecule has 1 saturated heterocycles. The van der Waals surface area contributed by atoms with Gasteiger partial charge in [0.15, 0.2) is 0 Å². The van der Waals surface area contributed by atoms with E-state index in [1.807, 2.05) is 12.1 Å². The standard InChI is InChI=1S/C22H31N3O3/c1-3-4-13-24(2)14-6-5-8-16-9-7-10-17-18(16)15-25(22(17)28)19-11-12-20(26)23-21(19)27/h7,9-10,19H,3-6,8,11-15H2,1-2H3,(H,23,26,27). The zero-order chi connectivity index (χ0) is 20.1. The minimum atomic E-state index is -0.544. The molecule has 3 amide bonds. The predicted octanol–water partition coefficient (Wildman–Crippen LogP) is 2.50. The van der Waals surface area contributed by atoms with Crippen molar-refractivity contribution in [3.63, 3.8) is 0 Å². The van der Waals surface area contributed by atoms with Gasteiger partial charge in [0.05, 0.1) is 0 Å². The molecule has 2 aliphatic rings. The second kappa shape index (κ2) is 9.32. The van der Waals surface area contributed by atoms with Crippen molar-refractivity contribution in [3.8, 4) is 0 Å². The number of carbonyl (C=O) groups excluding carboxylic acids is 3. The fourth-order valence-electron chi connectivity index (χ4n) is 4.12. The van der Waals surface area contributed by atoms with Crippen molar-refractivity contribution >= 4 is 17.7 Å². The molecule has 6 nitrogen and oxygen atoms in total. The van der Waals surface area contributed by atoms with E-state index in [4.69, 9.17) is 0 Å². The van der Waals surface area contributed by atoms with Crippen LogP contribution in [0.3, 0.4) is 0 Å². The van der Waals surface area contributed by atoms with Gasteiger partial charge in [0.25, 0.3) is 5.91 Å². The molecule has 1 fully saturated rings. The SMILES string of the molecule is CCCCN(C)CCCCc1cccc2c1CN(C1CCC(=O)NC1=O)C2=O. The van der Waals surface area contributed by atoms with Gasteiger partial charge in [0.1, 0.15) is 6.04 Å². The Morgan fingerprint density at radius 1 is 1.14 bits per heavy atom. The summed E-state index contributed by atoms with van der Waals surface area (Å²) in [6.45, 7) is 4.92. The van der Waals surface area contributed by atoms with Crippen molar-refractivity contribution < 1.29 is 14.4 Å². The minimum Gasteiger partial charge on any atom is -0.322 e. The van der Waals surface area contributed by atoms with Gasteiger partial charge in [0.2, 0.25) is 11.8 Å². The van der Waals surface area contributed by atoms with Gasteiger partial charge in [-0.1, -0.05) is 25.5 Å². The fourth-order valence-corrected chi connectivity index (χ4v) is 4.12. The van der Waals surface area contributed by atoms with E-state index in [1.165, 1.54) is 18.4 Å². The highest BCUT2D eigenvalue weighted by Gasteiger charge is 2.39. The molecule has 0 spiro atoms. The third kappa shape index (κ3) is 4.61. The summed E-state index contributed by atoms with van der Waals surface area (Å²) in [5.74, 6) is -0.699. The average molecular weight is 386 g/mol. The highest BCUT2D eigenvalue weighted by Crippen LogP contribution is 2.30. The normalized spacial score (nSPS) is 19.3. The third-order valence-electron chi connectivity index (χ3n) is 5.81. The van der Waals surface area contributed by atoms with Gasteiger partial charge in [-0.2, -0.15) is 0 Å². The first kappa shape index (κ1) is 20.5. The number of fused-ring (bicyclic) bond motifs is 1. The average Bonchev–Trinajstić information content (AvgIpc) is 3.01. The van der Waals surface area contributed by atoms with Gasteiger partial charge in [-0.25, -0.2) is 0 Å². The number of hydrogen-bond donors (Lipinski definition) is 1. The molecule has 0 bridgehead atoms. The van der Waals surface area contributed by atoms with Crippen LogP contribution in [-0.4, -0.2) is 53.7 Å². The number of rotatable bonds is 9. The largest absolute Gasteiger partial charge is 0.322 e. The maximum Gasteiger partial charge on any atom is 0.255 e. The molecule has 6 heteroatoms. The monoisotopic (exact) mass is 385 g/mol. The molecule has 3 rings (SSSR count). The number of amides is 3.